The van der Waals surface area contributed by atoms with Gasteiger partial charge in [-0.15, -0.1) is 0 Å². The maximum Gasteiger partial charge on any atom is 1.00 e. The van der Waals surface area contributed by atoms with Gasteiger partial charge in [-0.25, -0.2) is 0 Å². The summed E-state index contributed by atoms with van der Waals surface area (Å²) in [6, 6.07) is 0. The minimum absolute atomic E-state index is 0. The fraction of sp³-hybridized carbons (Fsp3) is 0. The van der Waals surface area contributed by atoms with Gasteiger partial charge in [-0.3, -0.25) is 0 Å². The van der Waals surface area contributed by atoms with E-state index in [1.165, 1.54) is 0 Å². The van der Waals surface area contributed by atoms with Crippen LogP contribution in [0, 0.1) is 0 Å². The summed E-state index contributed by atoms with van der Waals surface area (Å²) in [5.41, 5.74) is 0. The van der Waals surface area contributed by atoms with Gasteiger partial charge in [0.25, 0.3) is 0 Å². The average Bonchev–Trinajstić information content (AvgIpc) is 0.722. The summed E-state index contributed by atoms with van der Waals surface area (Å²) in [5, 5.41) is 0. The smallest absolute Gasteiger partial charge is 1.00 e. The van der Waals surface area contributed by atoms with Crippen molar-refractivity contribution < 1.29 is 70.5 Å². The summed E-state index contributed by atoms with van der Waals surface area (Å²) >= 11 is 0. The molecule has 0 aromatic carbocycles. The van der Waals surface area contributed by atoms with Crippen LogP contribution in [0.15, 0.2) is 0 Å². The van der Waals surface area contributed by atoms with E-state index in [0.717, 1.165) is 0 Å². The zero-order chi connectivity index (χ0) is 4.50. The molecule has 0 rings (SSSR count). The summed E-state index contributed by atoms with van der Waals surface area (Å²) in [6.07, 6.45) is 0. The molecule has 0 bridgehead atoms. The SMILES string of the molecule is O[Si](O)(O)O.[B].[H-].[H-].[Li+].[Na+]. The third-order valence-corrected chi connectivity index (χ3v) is 0. The molecule has 0 saturated heterocycles. The predicted octanol–water partition coefficient (Wildman–Crippen LogP) is -8.76. The van der Waals surface area contributed by atoms with Gasteiger partial charge in [0.2, 0.25) is 0 Å². The van der Waals surface area contributed by atoms with Crippen LogP contribution in [0.25, 0.3) is 0 Å². The Bertz CT molecular complexity index is 38.7. The standard InChI is InChI=1S/B.Li.Na.H4O4Si.2H/c;;;1-5(2,3)4;;/h;;;1-4H;;/q;2*+1;;2*-1. The number of hydrogen-bond donors (Lipinski definition) is 4. The Morgan fingerprint density at radius 2 is 1.00 bits per heavy atom. The van der Waals surface area contributed by atoms with Crippen LogP contribution < -0.4 is 48.4 Å². The molecule has 0 unspecified atom stereocenters. The Balaban J connectivity index is -0.00000000800. The minimum Gasteiger partial charge on any atom is -1.00 e. The topological polar surface area (TPSA) is 80.9 Å². The van der Waals surface area contributed by atoms with E-state index < -0.39 is 9.05 Å². The van der Waals surface area contributed by atoms with Gasteiger partial charge in [0.15, 0.2) is 0 Å². The summed E-state index contributed by atoms with van der Waals surface area (Å²) in [5.74, 6) is 0. The van der Waals surface area contributed by atoms with Crippen molar-refractivity contribution in [3.05, 3.63) is 0 Å². The first-order chi connectivity index (χ1) is 2.00. The molecular formula is H6BLiNaO4Si. The summed E-state index contributed by atoms with van der Waals surface area (Å²) in [6.45, 7) is 0. The molecule has 0 heterocycles. The van der Waals surface area contributed by atoms with Crippen LogP contribution in [0.1, 0.15) is 2.85 Å². The fourth-order valence-corrected chi connectivity index (χ4v) is 0. The zero-order valence-corrected chi connectivity index (χ0v) is 7.87. The number of rotatable bonds is 0. The molecule has 0 aromatic heterocycles. The van der Waals surface area contributed by atoms with Gasteiger partial charge in [0.1, 0.15) is 0 Å². The average molecular weight is 139 g/mol. The monoisotopic (exact) mass is 139 g/mol. The maximum absolute atomic E-state index is 7.33. The van der Waals surface area contributed by atoms with Crippen molar-refractivity contribution in [3.63, 3.8) is 0 Å². The van der Waals surface area contributed by atoms with Gasteiger partial charge >= 0.3 is 57.5 Å². The molecule has 0 spiro atoms. The molecule has 0 saturated carbocycles. The van der Waals surface area contributed by atoms with E-state index >= 15 is 0 Å². The molecule has 0 fully saturated rings. The van der Waals surface area contributed by atoms with E-state index in [1.54, 1.807) is 0 Å². The van der Waals surface area contributed by atoms with Gasteiger partial charge in [-0.05, 0) is 0 Å². The Labute approximate surface area is 87.4 Å². The Hall–Kier alpha value is 1.72. The molecule has 0 amide bonds. The van der Waals surface area contributed by atoms with Crippen LogP contribution in [0.5, 0.6) is 0 Å². The van der Waals surface area contributed by atoms with Gasteiger partial charge in [-0.1, -0.05) is 0 Å². The molecule has 0 aliphatic carbocycles. The predicted molar refractivity (Wildman–Crippen MR) is 22.6 cm³/mol. The normalized spacial score (nSPS) is 7.50. The van der Waals surface area contributed by atoms with Crippen LogP contribution in [0.2, 0.25) is 0 Å². The van der Waals surface area contributed by atoms with E-state index in [9.17, 15) is 0 Å². The minimum atomic E-state index is -4.61. The van der Waals surface area contributed by atoms with E-state index in [4.69, 9.17) is 19.2 Å². The van der Waals surface area contributed by atoms with E-state index in [0.29, 0.717) is 0 Å². The molecule has 0 aliphatic rings. The molecule has 0 aromatic rings. The molecular weight excluding hydrogens is 133 g/mol. The largest absolute Gasteiger partial charge is 1.00 e. The quantitative estimate of drug-likeness (QED) is 0.251. The molecule has 0 aliphatic heterocycles. The Kier molecular flexibility index (Phi) is 24.6. The molecule has 0 atom stereocenters. The molecule has 4 nitrogen and oxygen atoms in total. The van der Waals surface area contributed by atoms with E-state index in [2.05, 4.69) is 0 Å². The van der Waals surface area contributed by atoms with Crippen LogP contribution >= 0.6 is 0 Å². The second-order valence-electron chi connectivity index (χ2n) is 0.600. The second kappa shape index (κ2) is 8.72. The van der Waals surface area contributed by atoms with E-state index in [1.807, 2.05) is 0 Å². The van der Waals surface area contributed by atoms with Gasteiger partial charge in [-0.2, -0.15) is 0 Å². The van der Waals surface area contributed by atoms with Crippen molar-refractivity contribution in [1.82, 2.24) is 0 Å². The van der Waals surface area contributed by atoms with Gasteiger partial charge in [0, 0.05) is 8.41 Å². The first-order valence-electron chi connectivity index (χ1n) is 0.894. The van der Waals surface area contributed by atoms with Crippen molar-refractivity contribution in [3.8, 4) is 0 Å². The zero-order valence-electron chi connectivity index (χ0n) is 6.87. The van der Waals surface area contributed by atoms with Crippen LogP contribution in [0.3, 0.4) is 0 Å². The van der Waals surface area contributed by atoms with Crippen molar-refractivity contribution in [2.24, 2.45) is 0 Å². The summed E-state index contributed by atoms with van der Waals surface area (Å²) < 4.78 is 0. The van der Waals surface area contributed by atoms with E-state index in [-0.39, 0.29) is 59.7 Å². The third kappa shape index (κ3) is 118. The second-order valence-corrected chi connectivity index (χ2v) is 1.80. The Morgan fingerprint density at radius 1 is 1.00 bits per heavy atom. The summed E-state index contributed by atoms with van der Waals surface area (Å²) in [7, 11) is -4.61. The molecule has 8 heteroatoms. The first-order valence-corrected chi connectivity index (χ1v) is 2.68. The van der Waals surface area contributed by atoms with Crippen LogP contribution in [-0.4, -0.2) is 36.6 Å². The van der Waals surface area contributed by atoms with Crippen LogP contribution in [-0.2, 0) is 0 Å². The first kappa shape index (κ1) is 22.6. The molecule has 4 N–H and O–H groups in total. The molecule has 8 heavy (non-hydrogen) atoms. The third-order valence-electron chi connectivity index (χ3n) is 0. The van der Waals surface area contributed by atoms with Crippen molar-refractivity contribution in [1.29, 1.82) is 0 Å². The number of hydrogen-bond acceptors (Lipinski definition) is 4. The molecule has 3 radical (unpaired) electrons. The van der Waals surface area contributed by atoms with Crippen molar-refractivity contribution in [2.75, 3.05) is 0 Å². The maximum atomic E-state index is 7.33. The Morgan fingerprint density at radius 3 is 1.00 bits per heavy atom. The van der Waals surface area contributed by atoms with Crippen molar-refractivity contribution in [2.45, 2.75) is 0 Å². The fourth-order valence-electron chi connectivity index (χ4n) is 0. The van der Waals surface area contributed by atoms with Gasteiger partial charge < -0.3 is 22.0 Å². The van der Waals surface area contributed by atoms with Crippen molar-refractivity contribution >= 4 is 17.5 Å². The molecule has 39 valence electrons. The van der Waals surface area contributed by atoms with Crippen LogP contribution in [0.4, 0.5) is 0 Å². The van der Waals surface area contributed by atoms with Gasteiger partial charge in [0.05, 0.1) is 0 Å². The summed E-state index contributed by atoms with van der Waals surface area (Å²) in [4.78, 5) is 29.3.